The van der Waals surface area contributed by atoms with E-state index in [4.69, 9.17) is 9.47 Å². The predicted octanol–water partition coefficient (Wildman–Crippen LogP) is 2.07. The first kappa shape index (κ1) is 19.0. The van der Waals surface area contributed by atoms with Gasteiger partial charge in [0.1, 0.15) is 5.56 Å². The molecule has 0 aromatic heterocycles. The fourth-order valence-electron chi connectivity index (χ4n) is 3.10. The minimum atomic E-state index is -0.553. The molecule has 1 N–H and O–H groups in total. The van der Waals surface area contributed by atoms with Crippen LogP contribution in [0, 0.1) is 16.0 Å². The van der Waals surface area contributed by atoms with Crippen molar-refractivity contribution in [1.29, 1.82) is 0 Å². The summed E-state index contributed by atoms with van der Waals surface area (Å²) in [4.78, 5) is 25.4. The lowest BCUT2D eigenvalue weighted by Gasteiger charge is -2.32. The van der Waals surface area contributed by atoms with E-state index in [1.54, 1.807) is 11.8 Å². The smallest absolute Gasteiger partial charge is 0.286 e. The molecule has 0 radical (unpaired) electrons. The van der Waals surface area contributed by atoms with Crippen molar-refractivity contribution in [3.8, 4) is 11.5 Å². The lowest BCUT2D eigenvalue weighted by atomic mass is 9.96. The fourth-order valence-corrected chi connectivity index (χ4v) is 3.10. The third kappa shape index (κ3) is 4.39. The number of hydrogen-bond acceptors (Lipinski definition) is 6. The van der Waals surface area contributed by atoms with Crippen molar-refractivity contribution in [1.82, 2.24) is 10.2 Å². The van der Waals surface area contributed by atoms with Crippen LogP contribution in [0.1, 0.15) is 30.1 Å². The first-order valence-corrected chi connectivity index (χ1v) is 8.44. The molecule has 2 rings (SSSR count). The summed E-state index contributed by atoms with van der Waals surface area (Å²) in [6.07, 6.45) is 1.77. The van der Waals surface area contributed by atoms with Crippen molar-refractivity contribution in [2.24, 2.45) is 5.92 Å². The third-order valence-corrected chi connectivity index (χ3v) is 4.40. The van der Waals surface area contributed by atoms with Crippen molar-refractivity contribution in [3.05, 3.63) is 27.8 Å². The Morgan fingerprint density at radius 1 is 1.36 bits per heavy atom. The molecule has 1 aromatic carbocycles. The zero-order valence-electron chi connectivity index (χ0n) is 14.9. The Bertz CT molecular complexity index is 627. The molecule has 0 bridgehead atoms. The number of benzene rings is 1. The number of amides is 1. The van der Waals surface area contributed by atoms with E-state index in [-0.39, 0.29) is 22.9 Å². The maximum Gasteiger partial charge on any atom is 0.286 e. The normalized spacial score (nSPS) is 15.1. The molecule has 1 aliphatic heterocycles. The Morgan fingerprint density at radius 3 is 2.56 bits per heavy atom. The highest BCUT2D eigenvalue weighted by Crippen LogP contribution is 2.35. The summed E-state index contributed by atoms with van der Waals surface area (Å²) in [5.74, 6) is 0.775. The number of nitro benzene ring substituents is 1. The first-order valence-electron chi connectivity index (χ1n) is 8.44. The van der Waals surface area contributed by atoms with E-state index >= 15 is 0 Å². The highest BCUT2D eigenvalue weighted by Gasteiger charge is 2.30. The topological polar surface area (TPSA) is 93.9 Å². The van der Waals surface area contributed by atoms with E-state index in [1.165, 1.54) is 19.2 Å². The van der Waals surface area contributed by atoms with Crippen LogP contribution in [0.3, 0.4) is 0 Å². The predicted molar refractivity (Wildman–Crippen MR) is 93.4 cm³/mol. The Hall–Kier alpha value is -2.35. The van der Waals surface area contributed by atoms with Crippen molar-refractivity contribution in [2.45, 2.75) is 19.8 Å². The second-order valence-electron chi connectivity index (χ2n) is 6.00. The summed E-state index contributed by atoms with van der Waals surface area (Å²) in [7, 11) is 3.36. The number of carbonyl (C=O) groups is 1. The summed E-state index contributed by atoms with van der Waals surface area (Å²) in [6.45, 7) is 4.23. The van der Waals surface area contributed by atoms with Crippen molar-refractivity contribution < 1.29 is 19.2 Å². The molecule has 8 heteroatoms. The molecule has 138 valence electrons. The Morgan fingerprint density at radius 2 is 2.04 bits per heavy atom. The minimum Gasteiger partial charge on any atom is -0.493 e. The molecule has 0 spiro atoms. The average molecular weight is 351 g/mol. The van der Waals surface area contributed by atoms with E-state index in [1.807, 2.05) is 7.05 Å². The number of nitrogens with zero attached hydrogens (tertiary/aromatic N) is 2. The van der Waals surface area contributed by atoms with Crippen LogP contribution in [-0.4, -0.2) is 56.1 Å². The van der Waals surface area contributed by atoms with Gasteiger partial charge >= 0.3 is 0 Å². The number of ether oxygens (including phenoxy) is 2. The molecule has 1 fully saturated rings. The van der Waals surface area contributed by atoms with Crippen molar-refractivity contribution in [2.75, 3.05) is 40.4 Å². The van der Waals surface area contributed by atoms with Crippen LogP contribution in [0.4, 0.5) is 5.69 Å². The first-order chi connectivity index (χ1) is 12.0. The summed E-state index contributed by atoms with van der Waals surface area (Å²) in [5, 5.41) is 14.6. The van der Waals surface area contributed by atoms with Crippen molar-refractivity contribution in [3.63, 3.8) is 0 Å². The molecule has 8 nitrogen and oxygen atoms in total. The molecule has 25 heavy (non-hydrogen) atoms. The number of methoxy groups -OCH3 is 1. The number of piperidine rings is 1. The van der Waals surface area contributed by atoms with Gasteiger partial charge in [0.05, 0.1) is 24.7 Å². The number of rotatable bonds is 7. The zero-order chi connectivity index (χ0) is 18.4. The minimum absolute atomic E-state index is 0.0392. The molecule has 0 atom stereocenters. The van der Waals surface area contributed by atoms with E-state index in [9.17, 15) is 14.9 Å². The summed E-state index contributed by atoms with van der Waals surface area (Å²) >= 11 is 0. The molecule has 1 heterocycles. The van der Waals surface area contributed by atoms with Gasteiger partial charge in [0.2, 0.25) is 0 Å². The van der Waals surface area contributed by atoms with Crippen LogP contribution < -0.4 is 14.8 Å². The van der Waals surface area contributed by atoms with Gasteiger partial charge in [-0.2, -0.15) is 0 Å². The highest BCUT2D eigenvalue weighted by molar-refractivity contribution is 5.99. The SMILES string of the molecule is CCOc1cc([N+](=O)[O-])c(C(=O)N2CCC(CNC)CC2)cc1OC. The summed E-state index contributed by atoms with van der Waals surface area (Å²) in [5.41, 5.74) is -0.219. The molecular formula is C17H25N3O5. The van der Waals surface area contributed by atoms with E-state index in [0.29, 0.717) is 31.4 Å². The van der Waals surface area contributed by atoms with Gasteiger partial charge < -0.3 is 19.7 Å². The van der Waals surface area contributed by atoms with Gasteiger partial charge in [-0.05, 0) is 39.3 Å². The molecule has 1 aromatic rings. The van der Waals surface area contributed by atoms with Crippen LogP contribution in [0.25, 0.3) is 0 Å². The summed E-state index contributed by atoms with van der Waals surface area (Å²) < 4.78 is 10.6. The van der Waals surface area contributed by atoms with Crippen LogP contribution in [0.5, 0.6) is 11.5 Å². The Kier molecular flexibility index (Phi) is 6.58. The second-order valence-corrected chi connectivity index (χ2v) is 6.00. The van der Waals surface area contributed by atoms with Crippen LogP contribution in [0.15, 0.2) is 12.1 Å². The van der Waals surface area contributed by atoms with Gasteiger partial charge in [0.15, 0.2) is 11.5 Å². The quantitative estimate of drug-likeness (QED) is 0.597. The van der Waals surface area contributed by atoms with Crippen LogP contribution in [0.2, 0.25) is 0 Å². The molecule has 0 saturated carbocycles. The highest BCUT2D eigenvalue weighted by atomic mass is 16.6. The monoisotopic (exact) mass is 351 g/mol. The number of carbonyl (C=O) groups excluding carboxylic acids is 1. The van der Waals surface area contributed by atoms with E-state index in [2.05, 4.69) is 5.32 Å². The molecule has 0 aliphatic carbocycles. The number of hydrogen-bond donors (Lipinski definition) is 1. The van der Waals surface area contributed by atoms with Gasteiger partial charge in [-0.1, -0.05) is 0 Å². The van der Waals surface area contributed by atoms with Gasteiger partial charge in [-0.3, -0.25) is 14.9 Å². The molecule has 1 amide bonds. The van der Waals surface area contributed by atoms with E-state index in [0.717, 1.165) is 19.4 Å². The lowest BCUT2D eigenvalue weighted by molar-refractivity contribution is -0.385. The third-order valence-electron chi connectivity index (χ3n) is 4.40. The summed E-state index contributed by atoms with van der Waals surface area (Å²) in [6, 6.07) is 2.68. The second kappa shape index (κ2) is 8.66. The Balaban J connectivity index is 2.27. The number of nitro groups is 1. The number of likely N-dealkylation sites (tertiary alicyclic amines) is 1. The standard InChI is InChI=1S/C17H25N3O5/c1-4-25-16-10-14(20(22)23)13(9-15(16)24-3)17(21)19-7-5-12(6-8-19)11-18-2/h9-10,12,18H,4-8,11H2,1-3H3. The van der Waals surface area contributed by atoms with Gasteiger partial charge in [0, 0.05) is 19.2 Å². The Labute approximate surface area is 147 Å². The van der Waals surface area contributed by atoms with Gasteiger partial charge in [-0.25, -0.2) is 0 Å². The van der Waals surface area contributed by atoms with Crippen LogP contribution >= 0.6 is 0 Å². The van der Waals surface area contributed by atoms with Gasteiger partial charge in [0.25, 0.3) is 11.6 Å². The maximum absolute atomic E-state index is 12.8. The maximum atomic E-state index is 12.8. The van der Waals surface area contributed by atoms with Crippen molar-refractivity contribution >= 4 is 11.6 Å². The van der Waals surface area contributed by atoms with Gasteiger partial charge in [-0.15, -0.1) is 0 Å². The number of nitrogens with one attached hydrogen (secondary N) is 1. The molecule has 1 saturated heterocycles. The largest absolute Gasteiger partial charge is 0.493 e. The lowest BCUT2D eigenvalue weighted by Crippen LogP contribution is -2.40. The zero-order valence-corrected chi connectivity index (χ0v) is 14.9. The fraction of sp³-hybridized carbons (Fsp3) is 0.588. The average Bonchev–Trinajstić information content (AvgIpc) is 2.62. The van der Waals surface area contributed by atoms with E-state index < -0.39 is 4.92 Å². The van der Waals surface area contributed by atoms with Crippen LogP contribution in [-0.2, 0) is 0 Å². The molecule has 1 aliphatic rings. The molecular weight excluding hydrogens is 326 g/mol. The molecule has 0 unspecified atom stereocenters.